The minimum atomic E-state index is -4.46. The largest absolute Gasteiger partial charge is 0.401 e. The van der Waals surface area contributed by atoms with Gasteiger partial charge in [0, 0.05) is 6.61 Å². The summed E-state index contributed by atoms with van der Waals surface area (Å²) < 4.78 is 67.2. The van der Waals surface area contributed by atoms with E-state index in [1.807, 2.05) is 0 Å². The van der Waals surface area contributed by atoms with Crippen molar-refractivity contribution in [2.45, 2.75) is 38.1 Å². The number of carbonyl (C=O) groups is 1. The second-order valence-corrected chi connectivity index (χ2v) is 6.86. The maximum atomic E-state index is 12.2. The molecule has 0 aromatic heterocycles. The first-order valence-corrected chi connectivity index (χ1v) is 8.08. The van der Waals surface area contributed by atoms with E-state index < -0.39 is 40.8 Å². The standard InChI is InChI=1S/C11H19F3N2O4S/c1-8(16(2)7-11(12,13)14)10(17)15-21(18,19)6-9-4-3-5-20-9/h8-9H,3-7H2,1-2H3,(H,15,17)/t8-,9-/m1/s1. The lowest BCUT2D eigenvalue weighted by atomic mass is 10.3. The Morgan fingerprint density at radius 3 is 2.57 bits per heavy atom. The first kappa shape index (κ1) is 18.2. The number of ether oxygens (including phenoxy) is 1. The molecular formula is C11H19F3N2O4S. The van der Waals surface area contributed by atoms with Crippen LogP contribution in [0.25, 0.3) is 0 Å². The summed E-state index contributed by atoms with van der Waals surface area (Å²) >= 11 is 0. The average molecular weight is 332 g/mol. The molecule has 0 aliphatic carbocycles. The van der Waals surface area contributed by atoms with Crippen molar-refractivity contribution in [3.05, 3.63) is 0 Å². The summed E-state index contributed by atoms with van der Waals surface area (Å²) in [6.45, 7) is 0.384. The number of nitrogens with zero attached hydrogens (tertiary/aromatic N) is 1. The molecule has 21 heavy (non-hydrogen) atoms. The van der Waals surface area contributed by atoms with E-state index in [1.165, 1.54) is 6.92 Å². The summed E-state index contributed by atoms with van der Waals surface area (Å²) in [7, 11) is -2.82. The molecule has 10 heteroatoms. The number of likely N-dealkylation sites (N-methyl/N-ethyl adjacent to an activating group) is 1. The monoisotopic (exact) mass is 332 g/mol. The van der Waals surface area contributed by atoms with Gasteiger partial charge >= 0.3 is 6.18 Å². The van der Waals surface area contributed by atoms with Crippen LogP contribution in [0.2, 0.25) is 0 Å². The average Bonchev–Trinajstić information content (AvgIpc) is 2.76. The van der Waals surface area contributed by atoms with Gasteiger partial charge in [0.2, 0.25) is 15.9 Å². The second kappa shape index (κ2) is 6.93. The van der Waals surface area contributed by atoms with Crippen molar-refractivity contribution in [2.75, 3.05) is 26.0 Å². The van der Waals surface area contributed by atoms with Crippen LogP contribution >= 0.6 is 0 Å². The molecule has 1 rings (SSSR count). The van der Waals surface area contributed by atoms with Crippen molar-refractivity contribution >= 4 is 15.9 Å². The molecule has 2 atom stereocenters. The molecule has 0 bridgehead atoms. The molecular weight excluding hydrogens is 313 g/mol. The predicted octanol–water partition coefficient (Wildman–Crippen LogP) is 0.494. The van der Waals surface area contributed by atoms with E-state index >= 15 is 0 Å². The molecule has 0 spiro atoms. The molecule has 0 unspecified atom stereocenters. The Balaban J connectivity index is 2.54. The Bertz CT molecular complexity index is 461. The zero-order chi connectivity index (χ0) is 16.3. The number of hydrogen-bond acceptors (Lipinski definition) is 5. The first-order valence-electron chi connectivity index (χ1n) is 6.43. The van der Waals surface area contributed by atoms with Crippen molar-refractivity contribution in [1.29, 1.82) is 0 Å². The Kier molecular flexibility index (Phi) is 6.00. The van der Waals surface area contributed by atoms with Gasteiger partial charge in [-0.15, -0.1) is 0 Å². The topological polar surface area (TPSA) is 75.7 Å². The van der Waals surface area contributed by atoms with Gasteiger partial charge in [0.05, 0.1) is 24.4 Å². The van der Waals surface area contributed by atoms with Crippen LogP contribution in [0.15, 0.2) is 0 Å². The number of sulfonamides is 1. The van der Waals surface area contributed by atoms with Crippen molar-refractivity contribution in [2.24, 2.45) is 0 Å². The van der Waals surface area contributed by atoms with E-state index in [4.69, 9.17) is 4.74 Å². The zero-order valence-electron chi connectivity index (χ0n) is 11.8. The highest BCUT2D eigenvalue weighted by atomic mass is 32.2. The van der Waals surface area contributed by atoms with Crippen LogP contribution in [-0.4, -0.2) is 63.5 Å². The smallest absolute Gasteiger partial charge is 0.377 e. The molecule has 1 saturated heterocycles. The Hall–Kier alpha value is -0.870. The Morgan fingerprint density at radius 1 is 1.48 bits per heavy atom. The molecule has 124 valence electrons. The summed E-state index contributed by atoms with van der Waals surface area (Å²) in [5.41, 5.74) is 0. The van der Waals surface area contributed by atoms with Gasteiger partial charge in [0.1, 0.15) is 0 Å². The molecule has 1 aliphatic heterocycles. The van der Waals surface area contributed by atoms with Gasteiger partial charge in [-0.3, -0.25) is 14.4 Å². The number of rotatable bonds is 6. The van der Waals surface area contributed by atoms with Crippen LogP contribution in [0.5, 0.6) is 0 Å². The minimum absolute atomic E-state index is 0.367. The summed E-state index contributed by atoms with van der Waals surface area (Å²) in [5, 5.41) is 0. The van der Waals surface area contributed by atoms with E-state index in [0.29, 0.717) is 13.0 Å². The first-order chi connectivity index (χ1) is 9.50. The third-order valence-corrected chi connectivity index (χ3v) is 4.48. The van der Waals surface area contributed by atoms with E-state index in [9.17, 15) is 26.4 Å². The van der Waals surface area contributed by atoms with Crippen molar-refractivity contribution in [1.82, 2.24) is 9.62 Å². The van der Waals surface area contributed by atoms with Crippen LogP contribution in [0.3, 0.4) is 0 Å². The number of halogens is 3. The van der Waals surface area contributed by atoms with Gasteiger partial charge in [0.15, 0.2) is 0 Å². The number of nitrogens with one attached hydrogen (secondary N) is 1. The fourth-order valence-electron chi connectivity index (χ4n) is 1.92. The molecule has 1 amide bonds. The summed E-state index contributed by atoms with van der Waals surface area (Å²) in [6, 6.07) is -1.22. The SMILES string of the molecule is C[C@H](C(=O)NS(=O)(=O)C[C@H]1CCCO1)N(C)CC(F)(F)F. The van der Waals surface area contributed by atoms with E-state index in [1.54, 1.807) is 4.72 Å². The van der Waals surface area contributed by atoms with Crippen LogP contribution in [0.4, 0.5) is 13.2 Å². The second-order valence-electron chi connectivity index (χ2n) is 5.09. The highest BCUT2D eigenvalue weighted by molar-refractivity contribution is 7.90. The highest BCUT2D eigenvalue weighted by Gasteiger charge is 2.34. The lowest BCUT2D eigenvalue weighted by Crippen LogP contribution is -2.49. The lowest BCUT2D eigenvalue weighted by Gasteiger charge is -2.24. The van der Waals surface area contributed by atoms with Gasteiger partial charge in [0.25, 0.3) is 0 Å². The Morgan fingerprint density at radius 2 is 2.10 bits per heavy atom. The Labute approximate surface area is 121 Å². The van der Waals surface area contributed by atoms with Crippen LogP contribution < -0.4 is 4.72 Å². The molecule has 1 aliphatic rings. The number of amides is 1. The van der Waals surface area contributed by atoms with E-state index in [-0.39, 0.29) is 5.75 Å². The third kappa shape index (κ3) is 6.62. The molecule has 1 fully saturated rings. The normalized spacial score (nSPS) is 21.5. The maximum Gasteiger partial charge on any atom is 0.401 e. The van der Waals surface area contributed by atoms with Gasteiger partial charge in [-0.05, 0) is 26.8 Å². The van der Waals surface area contributed by atoms with E-state index in [2.05, 4.69) is 0 Å². The summed E-state index contributed by atoms with van der Waals surface area (Å²) in [5.74, 6) is -1.35. The predicted molar refractivity (Wildman–Crippen MR) is 69.1 cm³/mol. The third-order valence-electron chi connectivity index (χ3n) is 3.15. The molecule has 1 N–H and O–H groups in total. The molecule has 0 saturated carbocycles. The van der Waals surface area contributed by atoms with Crippen LogP contribution in [-0.2, 0) is 19.6 Å². The molecule has 0 radical (unpaired) electrons. The molecule has 0 aromatic rings. The van der Waals surface area contributed by atoms with Crippen molar-refractivity contribution in [3.8, 4) is 0 Å². The van der Waals surface area contributed by atoms with Gasteiger partial charge in [-0.2, -0.15) is 13.2 Å². The molecule has 6 nitrogen and oxygen atoms in total. The fourth-order valence-corrected chi connectivity index (χ4v) is 3.23. The zero-order valence-corrected chi connectivity index (χ0v) is 12.6. The van der Waals surface area contributed by atoms with E-state index in [0.717, 1.165) is 18.4 Å². The maximum absolute atomic E-state index is 12.2. The summed E-state index contributed by atoms with van der Waals surface area (Å²) in [4.78, 5) is 12.5. The highest BCUT2D eigenvalue weighted by Crippen LogP contribution is 2.17. The lowest BCUT2D eigenvalue weighted by molar-refractivity contribution is -0.150. The molecule has 0 aromatic carbocycles. The van der Waals surface area contributed by atoms with Crippen LogP contribution in [0, 0.1) is 0 Å². The van der Waals surface area contributed by atoms with Crippen molar-refractivity contribution < 1.29 is 31.1 Å². The van der Waals surface area contributed by atoms with Crippen LogP contribution in [0.1, 0.15) is 19.8 Å². The summed E-state index contributed by atoms with van der Waals surface area (Å²) in [6.07, 6.45) is -3.60. The quantitative estimate of drug-likeness (QED) is 0.766. The number of carbonyl (C=O) groups excluding carboxylic acids is 1. The van der Waals surface area contributed by atoms with Crippen molar-refractivity contribution in [3.63, 3.8) is 0 Å². The molecule has 1 heterocycles. The fraction of sp³-hybridized carbons (Fsp3) is 0.909. The van der Waals surface area contributed by atoms with Gasteiger partial charge < -0.3 is 4.74 Å². The van der Waals surface area contributed by atoms with Gasteiger partial charge in [-0.25, -0.2) is 8.42 Å². The van der Waals surface area contributed by atoms with Gasteiger partial charge in [-0.1, -0.05) is 0 Å². The minimum Gasteiger partial charge on any atom is -0.377 e. The number of hydrogen-bond donors (Lipinski definition) is 1. The number of alkyl halides is 3.